The van der Waals surface area contributed by atoms with Gasteiger partial charge in [0, 0.05) is 42.7 Å². The highest BCUT2D eigenvalue weighted by molar-refractivity contribution is 7.09. The van der Waals surface area contributed by atoms with Crippen molar-refractivity contribution < 1.29 is 4.79 Å². The maximum atomic E-state index is 11.5. The number of hydrogen-bond donors (Lipinski definition) is 1. The van der Waals surface area contributed by atoms with Crippen LogP contribution < -0.4 is 5.32 Å². The molecule has 5 heteroatoms. The molecule has 0 aliphatic heterocycles. The van der Waals surface area contributed by atoms with Crippen LogP contribution in [0.1, 0.15) is 31.2 Å². The Hall–Kier alpha value is -1.75. The van der Waals surface area contributed by atoms with E-state index in [1.165, 1.54) is 0 Å². The van der Waals surface area contributed by atoms with Crippen LogP contribution in [0.3, 0.4) is 0 Å². The number of amides is 1. The Morgan fingerprint density at radius 1 is 1.35 bits per heavy atom. The fourth-order valence-corrected chi connectivity index (χ4v) is 2.62. The third kappa shape index (κ3) is 4.42. The van der Waals surface area contributed by atoms with Crippen molar-refractivity contribution in [3.8, 4) is 11.3 Å². The first-order valence-corrected chi connectivity index (χ1v) is 7.79. The van der Waals surface area contributed by atoms with Crippen LogP contribution in [0, 0.1) is 0 Å². The fourth-order valence-electron chi connectivity index (χ4n) is 1.82. The zero-order valence-electron chi connectivity index (χ0n) is 11.6. The molecule has 0 atom stereocenters. The SMILES string of the molecule is CCCCC(=O)NCCc1nc(-c2ccncc2)cs1. The smallest absolute Gasteiger partial charge is 0.220 e. The number of nitrogens with one attached hydrogen (secondary N) is 1. The first-order valence-electron chi connectivity index (χ1n) is 6.91. The molecule has 2 aromatic rings. The molecular weight excluding hydrogens is 270 g/mol. The highest BCUT2D eigenvalue weighted by Crippen LogP contribution is 2.21. The first kappa shape index (κ1) is 14.7. The summed E-state index contributed by atoms with van der Waals surface area (Å²) in [6.07, 6.45) is 6.94. The molecule has 106 valence electrons. The van der Waals surface area contributed by atoms with Gasteiger partial charge in [-0.2, -0.15) is 0 Å². The molecule has 2 aromatic heterocycles. The fraction of sp³-hybridized carbons (Fsp3) is 0.400. The molecule has 0 saturated carbocycles. The lowest BCUT2D eigenvalue weighted by Crippen LogP contribution is -2.25. The number of thiazole rings is 1. The molecule has 0 bridgehead atoms. The van der Waals surface area contributed by atoms with E-state index in [2.05, 4.69) is 22.2 Å². The van der Waals surface area contributed by atoms with Crippen molar-refractivity contribution in [1.29, 1.82) is 0 Å². The number of carbonyl (C=O) groups is 1. The van der Waals surface area contributed by atoms with Crippen LogP contribution in [0.2, 0.25) is 0 Å². The summed E-state index contributed by atoms with van der Waals surface area (Å²) in [7, 11) is 0. The van der Waals surface area contributed by atoms with Gasteiger partial charge < -0.3 is 5.32 Å². The largest absolute Gasteiger partial charge is 0.356 e. The lowest BCUT2D eigenvalue weighted by Gasteiger charge is -2.02. The molecule has 0 spiro atoms. The van der Waals surface area contributed by atoms with Crippen molar-refractivity contribution in [2.45, 2.75) is 32.6 Å². The van der Waals surface area contributed by atoms with Gasteiger partial charge in [-0.1, -0.05) is 13.3 Å². The second kappa shape index (κ2) is 7.75. The van der Waals surface area contributed by atoms with Crippen molar-refractivity contribution in [2.24, 2.45) is 0 Å². The molecule has 0 aromatic carbocycles. The second-order valence-corrected chi connectivity index (χ2v) is 5.51. The Morgan fingerprint density at radius 2 is 2.15 bits per heavy atom. The molecule has 4 nitrogen and oxygen atoms in total. The van der Waals surface area contributed by atoms with Crippen LogP contribution in [-0.4, -0.2) is 22.4 Å². The van der Waals surface area contributed by atoms with Crippen LogP contribution >= 0.6 is 11.3 Å². The van der Waals surface area contributed by atoms with Gasteiger partial charge in [0.1, 0.15) is 0 Å². The van der Waals surface area contributed by atoms with E-state index in [1.54, 1.807) is 23.7 Å². The summed E-state index contributed by atoms with van der Waals surface area (Å²) in [6.45, 7) is 2.75. The molecule has 0 aliphatic carbocycles. The highest BCUT2D eigenvalue weighted by atomic mass is 32.1. The van der Waals surface area contributed by atoms with Gasteiger partial charge in [-0.05, 0) is 18.6 Å². The van der Waals surface area contributed by atoms with Crippen LogP contribution in [0.25, 0.3) is 11.3 Å². The number of aromatic nitrogens is 2. The number of nitrogens with zero attached hydrogens (tertiary/aromatic N) is 2. The van der Waals surface area contributed by atoms with Crippen LogP contribution in [0.4, 0.5) is 0 Å². The second-order valence-electron chi connectivity index (χ2n) is 4.57. The predicted octanol–water partition coefficient (Wildman–Crippen LogP) is 3.05. The third-order valence-corrected chi connectivity index (χ3v) is 3.85. The number of pyridine rings is 1. The molecule has 0 saturated heterocycles. The van der Waals surface area contributed by atoms with E-state index in [0.29, 0.717) is 13.0 Å². The van der Waals surface area contributed by atoms with Gasteiger partial charge in [0.2, 0.25) is 5.91 Å². The molecular formula is C15H19N3OS. The van der Waals surface area contributed by atoms with E-state index >= 15 is 0 Å². The number of rotatable bonds is 7. The minimum absolute atomic E-state index is 0.137. The van der Waals surface area contributed by atoms with Crippen molar-refractivity contribution in [3.05, 3.63) is 34.9 Å². The lowest BCUT2D eigenvalue weighted by atomic mass is 10.2. The van der Waals surface area contributed by atoms with Crippen LogP contribution in [0.5, 0.6) is 0 Å². The molecule has 0 fully saturated rings. The summed E-state index contributed by atoms with van der Waals surface area (Å²) in [5, 5.41) is 6.03. The van der Waals surface area contributed by atoms with E-state index in [9.17, 15) is 4.79 Å². The molecule has 0 unspecified atom stereocenters. The van der Waals surface area contributed by atoms with Crippen LogP contribution in [0.15, 0.2) is 29.9 Å². The molecule has 1 N–H and O–H groups in total. The van der Waals surface area contributed by atoms with E-state index in [-0.39, 0.29) is 5.91 Å². The Morgan fingerprint density at radius 3 is 2.90 bits per heavy atom. The third-order valence-electron chi connectivity index (χ3n) is 2.95. The van der Waals surface area contributed by atoms with E-state index in [1.807, 2.05) is 17.5 Å². The summed E-state index contributed by atoms with van der Waals surface area (Å²) >= 11 is 1.63. The Labute approximate surface area is 123 Å². The predicted molar refractivity (Wildman–Crippen MR) is 81.6 cm³/mol. The molecule has 0 aliphatic rings. The average molecular weight is 289 g/mol. The summed E-state index contributed by atoms with van der Waals surface area (Å²) in [5.41, 5.74) is 2.05. The van der Waals surface area contributed by atoms with Gasteiger partial charge in [0.15, 0.2) is 0 Å². The van der Waals surface area contributed by atoms with Gasteiger partial charge in [-0.25, -0.2) is 4.98 Å². The van der Waals surface area contributed by atoms with E-state index in [0.717, 1.165) is 35.5 Å². The standard InChI is InChI=1S/C15H19N3OS/c1-2-3-4-14(19)17-10-7-15-18-13(11-20-15)12-5-8-16-9-6-12/h5-6,8-9,11H,2-4,7,10H2,1H3,(H,17,19). The van der Waals surface area contributed by atoms with Gasteiger partial charge in [-0.15, -0.1) is 11.3 Å². The molecule has 2 heterocycles. The Balaban J connectivity index is 1.80. The van der Waals surface area contributed by atoms with E-state index in [4.69, 9.17) is 0 Å². The van der Waals surface area contributed by atoms with Crippen molar-refractivity contribution >= 4 is 17.2 Å². The highest BCUT2D eigenvalue weighted by Gasteiger charge is 2.05. The summed E-state index contributed by atoms with van der Waals surface area (Å²) in [5.74, 6) is 0.137. The normalized spacial score (nSPS) is 10.4. The molecule has 0 radical (unpaired) electrons. The topological polar surface area (TPSA) is 54.9 Å². The average Bonchev–Trinajstić information content (AvgIpc) is 2.95. The lowest BCUT2D eigenvalue weighted by molar-refractivity contribution is -0.121. The van der Waals surface area contributed by atoms with Gasteiger partial charge >= 0.3 is 0 Å². The number of hydrogen-bond acceptors (Lipinski definition) is 4. The molecule has 20 heavy (non-hydrogen) atoms. The Kier molecular flexibility index (Phi) is 5.68. The Bertz CT molecular complexity index is 539. The molecule has 2 rings (SSSR count). The van der Waals surface area contributed by atoms with Gasteiger partial charge in [0.05, 0.1) is 10.7 Å². The maximum absolute atomic E-state index is 11.5. The van der Waals surface area contributed by atoms with Crippen LogP contribution in [-0.2, 0) is 11.2 Å². The van der Waals surface area contributed by atoms with Gasteiger partial charge in [0.25, 0.3) is 0 Å². The minimum atomic E-state index is 0.137. The summed E-state index contributed by atoms with van der Waals surface area (Å²) < 4.78 is 0. The monoisotopic (exact) mass is 289 g/mol. The van der Waals surface area contributed by atoms with Crippen molar-refractivity contribution in [3.63, 3.8) is 0 Å². The molecule has 1 amide bonds. The first-order chi connectivity index (χ1) is 9.79. The maximum Gasteiger partial charge on any atom is 0.220 e. The number of carbonyl (C=O) groups excluding carboxylic acids is 1. The van der Waals surface area contributed by atoms with Gasteiger partial charge in [-0.3, -0.25) is 9.78 Å². The zero-order chi connectivity index (χ0) is 14.2. The minimum Gasteiger partial charge on any atom is -0.356 e. The number of unbranched alkanes of at least 4 members (excludes halogenated alkanes) is 1. The summed E-state index contributed by atoms with van der Waals surface area (Å²) in [4.78, 5) is 20.1. The van der Waals surface area contributed by atoms with Crippen molar-refractivity contribution in [2.75, 3.05) is 6.54 Å². The van der Waals surface area contributed by atoms with E-state index < -0.39 is 0 Å². The summed E-state index contributed by atoms with van der Waals surface area (Å²) in [6, 6.07) is 3.90. The zero-order valence-corrected chi connectivity index (χ0v) is 12.4. The quantitative estimate of drug-likeness (QED) is 0.852. The van der Waals surface area contributed by atoms with Crippen molar-refractivity contribution in [1.82, 2.24) is 15.3 Å².